The van der Waals surface area contributed by atoms with E-state index < -0.39 is 0 Å². The van der Waals surface area contributed by atoms with Crippen LogP contribution in [-0.4, -0.2) is 36.7 Å². The summed E-state index contributed by atoms with van der Waals surface area (Å²) in [7, 11) is 0. The Balaban J connectivity index is 0.00000280. The van der Waals surface area contributed by atoms with Crippen LogP contribution < -0.4 is 10.6 Å². The fourth-order valence-corrected chi connectivity index (χ4v) is 3.56. The second-order valence-electron chi connectivity index (χ2n) is 7.09. The minimum atomic E-state index is 0. The molecule has 2 N–H and O–H groups in total. The van der Waals surface area contributed by atoms with E-state index in [0.717, 1.165) is 37.8 Å². The first kappa shape index (κ1) is 22.9. The lowest BCUT2D eigenvalue weighted by molar-refractivity contribution is 0.0277. The van der Waals surface area contributed by atoms with Crippen LogP contribution in [0.15, 0.2) is 41.5 Å². The number of aromatic nitrogens is 1. The second-order valence-corrected chi connectivity index (χ2v) is 7.09. The Morgan fingerprint density at radius 3 is 2.79 bits per heavy atom. The van der Waals surface area contributed by atoms with E-state index in [1.54, 1.807) is 0 Å². The van der Waals surface area contributed by atoms with Crippen molar-refractivity contribution in [1.29, 1.82) is 0 Å². The van der Waals surface area contributed by atoms with Gasteiger partial charge < -0.3 is 15.4 Å². The zero-order chi connectivity index (χ0) is 18.7. The van der Waals surface area contributed by atoms with Crippen LogP contribution in [0.25, 0.3) is 10.8 Å². The van der Waals surface area contributed by atoms with Crippen molar-refractivity contribution >= 4 is 40.7 Å². The fraction of sp³-hybridized carbons (Fsp3) is 0.545. The van der Waals surface area contributed by atoms with Gasteiger partial charge in [0.1, 0.15) is 0 Å². The number of hydrogen-bond donors (Lipinski definition) is 2. The largest absolute Gasteiger partial charge is 0.378 e. The molecule has 2 aromatic rings. The summed E-state index contributed by atoms with van der Waals surface area (Å²) in [6, 6.07) is 10.4. The standard InChI is InChI=1S/C22H32N4O.HI/c1-2-23-22(25-14-8-16-27-19-10-4-3-5-11-19)26-17-21-20-12-7-6-9-18(20)13-15-24-21;/h6-7,9,12-13,15,19H,2-5,8,10-11,14,16-17H2,1H3,(H2,23,25,26);1H. The summed E-state index contributed by atoms with van der Waals surface area (Å²) in [4.78, 5) is 9.23. The van der Waals surface area contributed by atoms with Gasteiger partial charge in [-0.15, -0.1) is 24.0 Å². The van der Waals surface area contributed by atoms with E-state index >= 15 is 0 Å². The molecule has 154 valence electrons. The van der Waals surface area contributed by atoms with E-state index in [2.05, 4.69) is 40.7 Å². The molecular weight excluding hydrogens is 463 g/mol. The number of pyridine rings is 1. The molecule has 1 aromatic heterocycles. The van der Waals surface area contributed by atoms with E-state index in [1.165, 1.54) is 42.9 Å². The highest BCUT2D eigenvalue weighted by molar-refractivity contribution is 14.0. The summed E-state index contributed by atoms with van der Waals surface area (Å²) in [5, 5.41) is 9.09. The lowest BCUT2D eigenvalue weighted by Crippen LogP contribution is -2.38. The number of nitrogens with zero attached hydrogens (tertiary/aromatic N) is 2. The Hall–Kier alpha value is -1.41. The van der Waals surface area contributed by atoms with Crippen molar-refractivity contribution in [3.05, 3.63) is 42.2 Å². The molecule has 1 fully saturated rings. The Morgan fingerprint density at radius 2 is 1.96 bits per heavy atom. The molecule has 6 heteroatoms. The molecule has 28 heavy (non-hydrogen) atoms. The third-order valence-electron chi connectivity index (χ3n) is 5.01. The number of guanidine groups is 1. The van der Waals surface area contributed by atoms with E-state index in [1.807, 2.05) is 18.3 Å². The first-order valence-corrected chi connectivity index (χ1v) is 10.3. The summed E-state index contributed by atoms with van der Waals surface area (Å²) < 4.78 is 5.99. The molecule has 0 atom stereocenters. The molecule has 0 saturated heterocycles. The lowest BCUT2D eigenvalue weighted by atomic mass is 9.98. The summed E-state index contributed by atoms with van der Waals surface area (Å²) in [5.74, 6) is 0.838. The summed E-state index contributed by atoms with van der Waals surface area (Å²) in [6.07, 6.45) is 9.81. The summed E-state index contributed by atoms with van der Waals surface area (Å²) in [5.41, 5.74) is 1.01. The van der Waals surface area contributed by atoms with Crippen molar-refractivity contribution in [2.75, 3.05) is 19.7 Å². The first-order valence-electron chi connectivity index (χ1n) is 10.3. The zero-order valence-electron chi connectivity index (χ0n) is 16.8. The molecule has 1 aliphatic rings. The van der Waals surface area contributed by atoms with Gasteiger partial charge in [0.05, 0.1) is 18.3 Å². The van der Waals surface area contributed by atoms with Crippen LogP contribution in [0.2, 0.25) is 0 Å². The van der Waals surface area contributed by atoms with Crippen molar-refractivity contribution in [1.82, 2.24) is 15.6 Å². The molecule has 1 heterocycles. The highest BCUT2D eigenvalue weighted by Gasteiger charge is 2.13. The highest BCUT2D eigenvalue weighted by Crippen LogP contribution is 2.20. The molecule has 0 unspecified atom stereocenters. The van der Waals surface area contributed by atoms with Crippen LogP contribution >= 0.6 is 24.0 Å². The van der Waals surface area contributed by atoms with Gasteiger partial charge in [-0.05, 0) is 37.6 Å². The molecule has 0 spiro atoms. The van der Waals surface area contributed by atoms with Gasteiger partial charge in [-0.2, -0.15) is 0 Å². The molecule has 1 saturated carbocycles. The van der Waals surface area contributed by atoms with E-state index in [0.29, 0.717) is 12.6 Å². The van der Waals surface area contributed by atoms with E-state index in [4.69, 9.17) is 9.73 Å². The Kier molecular flexibility index (Phi) is 10.6. The van der Waals surface area contributed by atoms with Gasteiger partial charge >= 0.3 is 0 Å². The fourth-order valence-electron chi connectivity index (χ4n) is 3.56. The van der Waals surface area contributed by atoms with E-state index in [-0.39, 0.29) is 24.0 Å². The third-order valence-corrected chi connectivity index (χ3v) is 5.01. The van der Waals surface area contributed by atoms with Crippen molar-refractivity contribution in [3.8, 4) is 0 Å². The highest BCUT2D eigenvalue weighted by atomic mass is 127. The lowest BCUT2D eigenvalue weighted by Gasteiger charge is -2.22. The number of ether oxygens (including phenoxy) is 1. The van der Waals surface area contributed by atoms with Crippen LogP contribution in [0.5, 0.6) is 0 Å². The minimum absolute atomic E-state index is 0. The van der Waals surface area contributed by atoms with Crippen LogP contribution in [0.1, 0.15) is 51.1 Å². The number of aliphatic imine (C=N–C) groups is 1. The minimum Gasteiger partial charge on any atom is -0.378 e. The van der Waals surface area contributed by atoms with Gasteiger partial charge in [0.2, 0.25) is 0 Å². The SMILES string of the molecule is CCNC(=NCc1nccc2ccccc12)NCCCOC1CCCCC1.I. The zero-order valence-corrected chi connectivity index (χ0v) is 19.2. The molecule has 1 aliphatic carbocycles. The van der Waals surface area contributed by atoms with Gasteiger partial charge in [0.15, 0.2) is 5.96 Å². The molecule has 1 aromatic carbocycles. The summed E-state index contributed by atoms with van der Waals surface area (Å²) >= 11 is 0. The van der Waals surface area contributed by atoms with Crippen LogP contribution in [0.4, 0.5) is 0 Å². The van der Waals surface area contributed by atoms with Crippen molar-refractivity contribution in [2.24, 2.45) is 4.99 Å². The average Bonchev–Trinajstić information content (AvgIpc) is 2.72. The monoisotopic (exact) mass is 496 g/mol. The molecule has 0 radical (unpaired) electrons. The maximum atomic E-state index is 5.99. The molecule has 3 rings (SSSR count). The number of benzene rings is 1. The molecule has 0 aliphatic heterocycles. The van der Waals surface area contributed by atoms with Gasteiger partial charge in [-0.1, -0.05) is 43.5 Å². The Labute approximate surface area is 185 Å². The first-order chi connectivity index (χ1) is 13.4. The number of nitrogens with one attached hydrogen (secondary N) is 2. The van der Waals surface area contributed by atoms with Crippen LogP contribution in [0, 0.1) is 0 Å². The van der Waals surface area contributed by atoms with Crippen molar-refractivity contribution in [2.45, 2.75) is 58.1 Å². The molecule has 0 amide bonds. The smallest absolute Gasteiger partial charge is 0.191 e. The van der Waals surface area contributed by atoms with Crippen molar-refractivity contribution in [3.63, 3.8) is 0 Å². The predicted octanol–water partition coefficient (Wildman–Crippen LogP) is 4.65. The van der Waals surface area contributed by atoms with E-state index in [9.17, 15) is 0 Å². The number of fused-ring (bicyclic) bond motifs is 1. The topological polar surface area (TPSA) is 58.5 Å². The Morgan fingerprint density at radius 1 is 1.14 bits per heavy atom. The van der Waals surface area contributed by atoms with Gasteiger partial charge in [-0.25, -0.2) is 4.99 Å². The predicted molar refractivity (Wildman–Crippen MR) is 127 cm³/mol. The van der Waals surface area contributed by atoms with Crippen LogP contribution in [-0.2, 0) is 11.3 Å². The number of rotatable bonds is 8. The molecule has 0 bridgehead atoms. The average molecular weight is 496 g/mol. The van der Waals surface area contributed by atoms with Gasteiger partial charge in [0, 0.05) is 31.3 Å². The molecule has 5 nitrogen and oxygen atoms in total. The van der Waals surface area contributed by atoms with Crippen molar-refractivity contribution < 1.29 is 4.74 Å². The Bertz CT molecular complexity index is 726. The maximum absolute atomic E-state index is 5.99. The van der Waals surface area contributed by atoms with Gasteiger partial charge in [0.25, 0.3) is 0 Å². The quantitative estimate of drug-likeness (QED) is 0.242. The number of hydrogen-bond acceptors (Lipinski definition) is 3. The van der Waals surface area contributed by atoms with Crippen LogP contribution in [0.3, 0.4) is 0 Å². The maximum Gasteiger partial charge on any atom is 0.191 e. The molecular formula is C22H33IN4O. The third kappa shape index (κ3) is 7.20. The summed E-state index contributed by atoms with van der Waals surface area (Å²) in [6.45, 7) is 5.17. The number of halogens is 1. The second kappa shape index (κ2) is 12.9. The van der Waals surface area contributed by atoms with Gasteiger partial charge in [-0.3, -0.25) is 4.98 Å². The normalized spacial score (nSPS) is 15.2.